The molecule has 1 N–H and O–H groups in total. The maximum atomic E-state index is 3.66. The van der Waals surface area contributed by atoms with Crippen LogP contribution in [0.2, 0.25) is 0 Å². The third-order valence-electron chi connectivity index (χ3n) is 4.87. The molecule has 0 saturated heterocycles. The number of anilines is 1. The summed E-state index contributed by atoms with van der Waals surface area (Å²) in [6, 6.07) is 10.6. The van der Waals surface area contributed by atoms with Gasteiger partial charge in [0.05, 0.1) is 0 Å². The number of fused-ring (bicyclic) bond motifs is 2. The molecule has 0 aliphatic heterocycles. The van der Waals surface area contributed by atoms with E-state index in [1.165, 1.54) is 31.5 Å². The first-order valence-corrected chi connectivity index (χ1v) is 7.98. The average molecular weight is 270 g/mol. The van der Waals surface area contributed by atoms with Crippen molar-refractivity contribution in [2.24, 2.45) is 17.8 Å². The zero-order valence-electron chi connectivity index (χ0n) is 12.5. The Hall–Kier alpha value is -1.28. The lowest BCUT2D eigenvalue weighted by atomic mass is 9.94. The Labute approximate surface area is 122 Å². The lowest BCUT2D eigenvalue weighted by Crippen LogP contribution is -2.28. The number of nitrogens with zero attached hydrogens (tertiary/aromatic N) is 1. The van der Waals surface area contributed by atoms with Crippen molar-refractivity contribution in [3.05, 3.63) is 42.5 Å². The molecule has 108 valence electrons. The van der Waals surface area contributed by atoms with Crippen LogP contribution in [-0.2, 0) is 0 Å². The van der Waals surface area contributed by atoms with Crippen LogP contribution < -0.4 is 10.2 Å². The Morgan fingerprint density at radius 1 is 1.15 bits per heavy atom. The van der Waals surface area contributed by atoms with Crippen LogP contribution in [0.3, 0.4) is 0 Å². The van der Waals surface area contributed by atoms with Crippen molar-refractivity contribution in [1.82, 2.24) is 5.32 Å². The highest BCUT2D eigenvalue weighted by molar-refractivity contribution is 5.44. The molecule has 3 atom stereocenters. The summed E-state index contributed by atoms with van der Waals surface area (Å²) in [5.41, 5.74) is 1.31. The molecule has 0 unspecified atom stereocenters. The summed E-state index contributed by atoms with van der Waals surface area (Å²) in [6.07, 6.45) is 8.92. The second kappa shape index (κ2) is 6.45. The number of allylic oxidation sites excluding steroid dienone is 2. The van der Waals surface area contributed by atoms with Gasteiger partial charge in [0.15, 0.2) is 0 Å². The molecule has 2 heteroatoms. The van der Waals surface area contributed by atoms with Crippen molar-refractivity contribution in [3.8, 4) is 0 Å². The van der Waals surface area contributed by atoms with E-state index in [9.17, 15) is 0 Å². The molecule has 0 heterocycles. The Balaban J connectivity index is 1.30. The van der Waals surface area contributed by atoms with Crippen molar-refractivity contribution < 1.29 is 0 Å². The van der Waals surface area contributed by atoms with E-state index in [1.54, 1.807) is 0 Å². The standard InChI is InChI=1S/C18H26N2/c1-20(18-6-3-2-4-7-18)11-5-10-19-14-17-13-15-8-9-16(17)12-15/h2-4,6-9,15-17,19H,5,10-14H2,1H3/t15-,16-,17+/m0/s1. The molecule has 1 saturated carbocycles. The van der Waals surface area contributed by atoms with Crippen LogP contribution >= 0.6 is 0 Å². The molecule has 0 amide bonds. The fourth-order valence-electron chi connectivity index (χ4n) is 3.67. The average Bonchev–Trinajstić information content (AvgIpc) is 3.10. The quantitative estimate of drug-likeness (QED) is 0.604. The highest BCUT2D eigenvalue weighted by Crippen LogP contribution is 2.42. The molecular weight excluding hydrogens is 244 g/mol. The van der Waals surface area contributed by atoms with Gasteiger partial charge in [-0.25, -0.2) is 0 Å². The minimum Gasteiger partial charge on any atom is -0.375 e. The zero-order chi connectivity index (χ0) is 13.8. The van der Waals surface area contributed by atoms with Crippen molar-refractivity contribution in [2.75, 3.05) is 31.6 Å². The van der Waals surface area contributed by atoms with E-state index >= 15 is 0 Å². The first-order chi connectivity index (χ1) is 9.83. The molecule has 20 heavy (non-hydrogen) atoms. The van der Waals surface area contributed by atoms with Crippen LogP contribution in [0.25, 0.3) is 0 Å². The van der Waals surface area contributed by atoms with Crippen LogP contribution in [0.15, 0.2) is 42.5 Å². The fourth-order valence-corrected chi connectivity index (χ4v) is 3.67. The summed E-state index contributed by atoms with van der Waals surface area (Å²) < 4.78 is 0. The normalized spacial score (nSPS) is 27.1. The third-order valence-corrected chi connectivity index (χ3v) is 4.87. The molecule has 1 aromatic rings. The summed E-state index contributed by atoms with van der Waals surface area (Å²) in [5.74, 6) is 2.67. The van der Waals surface area contributed by atoms with Gasteiger partial charge in [0.25, 0.3) is 0 Å². The number of rotatable bonds is 7. The topological polar surface area (TPSA) is 15.3 Å². The van der Waals surface area contributed by atoms with Gasteiger partial charge in [0, 0.05) is 19.3 Å². The van der Waals surface area contributed by atoms with Gasteiger partial charge in [-0.1, -0.05) is 30.4 Å². The van der Waals surface area contributed by atoms with E-state index in [1.807, 2.05) is 0 Å². The molecule has 2 bridgehead atoms. The molecule has 0 aromatic heterocycles. The summed E-state index contributed by atoms with van der Waals surface area (Å²) in [4.78, 5) is 2.34. The second-order valence-corrected chi connectivity index (χ2v) is 6.36. The van der Waals surface area contributed by atoms with Crippen LogP contribution in [0.1, 0.15) is 19.3 Å². The second-order valence-electron chi connectivity index (χ2n) is 6.36. The van der Waals surface area contributed by atoms with Gasteiger partial charge in [-0.2, -0.15) is 0 Å². The Kier molecular flexibility index (Phi) is 4.41. The molecular formula is C18H26N2. The predicted octanol–water partition coefficient (Wildman–Crippen LogP) is 3.31. The number of hydrogen-bond acceptors (Lipinski definition) is 2. The van der Waals surface area contributed by atoms with E-state index in [2.05, 4.69) is 59.7 Å². The predicted molar refractivity (Wildman–Crippen MR) is 86.0 cm³/mol. The molecule has 0 spiro atoms. The van der Waals surface area contributed by atoms with E-state index < -0.39 is 0 Å². The molecule has 2 aliphatic rings. The first kappa shape index (κ1) is 13.7. The molecule has 1 aromatic carbocycles. The van der Waals surface area contributed by atoms with E-state index in [0.29, 0.717) is 0 Å². The lowest BCUT2D eigenvalue weighted by Gasteiger charge is -2.21. The minimum atomic E-state index is 0.875. The molecule has 1 fully saturated rings. The largest absolute Gasteiger partial charge is 0.375 e. The smallest absolute Gasteiger partial charge is 0.0363 e. The van der Waals surface area contributed by atoms with Gasteiger partial charge >= 0.3 is 0 Å². The molecule has 2 aliphatic carbocycles. The zero-order valence-corrected chi connectivity index (χ0v) is 12.5. The molecule has 0 radical (unpaired) electrons. The summed E-state index contributed by atoms with van der Waals surface area (Å²) in [7, 11) is 2.18. The van der Waals surface area contributed by atoms with E-state index in [0.717, 1.165) is 30.8 Å². The van der Waals surface area contributed by atoms with E-state index in [-0.39, 0.29) is 0 Å². The number of benzene rings is 1. The first-order valence-electron chi connectivity index (χ1n) is 7.98. The SMILES string of the molecule is CN(CCCNC[C@H]1C[C@H]2C=C[C@H]1C2)c1ccccc1. The Bertz CT molecular complexity index is 440. The number of para-hydroxylation sites is 1. The van der Waals surface area contributed by atoms with Gasteiger partial charge in [-0.15, -0.1) is 0 Å². The van der Waals surface area contributed by atoms with Crippen molar-refractivity contribution in [1.29, 1.82) is 0 Å². The lowest BCUT2D eigenvalue weighted by molar-refractivity contribution is 0.414. The number of nitrogens with one attached hydrogen (secondary N) is 1. The summed E-state index contributed by atoms with van der Waals surface area (Å²) >= 11 is 0. The van der Waals surface area contributed by atoms with Gasteiger partial charge < -0.3 is 10.2 Å². The highest BCUT2D eigenvalue weighted by Gasteiger charge is 2.34. The minimum absolute atomic E-state index is 0.875. The van der Waals surface area contributed by atoms with E-state index in [4.69, 9.17) is 0 Å². The van der Waals surface area contributed by atoms with Crippen LogP contribution in [0, 0.1) is 17.8 Å². The van der Waals surface area contributed by atoms with Gasteiger partial charge in [-0.05, 0) is 62.2 Å². The summed E-state index contributed by atoms with van der Waals surface area (Å²) in [5, 5.41) is 3.66. The monoisotopic (exact) mass is 270 g/mol. The number of hydrogen-bond donors (Lipinski definition) is 1. The van der Waals surface area contributed by atoms with Crippen molar-refractivity contribution in [2.45, 2.75) is 19.3 Å². The van der Waals surface area contributed by atoms with Gasteiger partial charge in [0.2, 0.25) is 0 Å². The van der Waals surface area contributed by atoms with Gasteiger partial charge in [0.1, 0.15) is 0 Å². The maximum absolute atomic E-state index is 3.66. The van der Waals surface area contributed by atoms with Crippen LogP contribution in [0.4, 0.5) is 5.69 Å². The van der Waals surface area contributed by atoms with Crippen LogP contribution in [-0.4, -0.2) is 26.7 Å². The van der Waals surface area contributed by atoms with Crippen molar-refractivity contribution in [3.63, 3.8) is 0 Å². The molecule has 2 nitrogen and oxygen atoms in total. The van der Waals surface area contributed by atoms with Crippen LogP contribution in [0.5, 0.6) is 0 Å². The van der Waals surface area contributed by atoms with Crippen molar-refractivity contribution >= 4 is 5.69 Å². The highest BCUT2D eigenvalue weighted by atomic mass is 15.1. The summed E-state index contributed by atoms with van der Waals surface area (Å²) in [6.45, 7) is 3.46. The Morgan fingerprint density at radius 3 is 2.70 bits per heavy atom. The Morgan fingerprint density at radius 2 is 2.00 bits per heavy atom. The third kappa shape index (κ3) is 3.24. The molecule has 3 rings (SSSR count). The fraction of sp³-hybridized carbons (Fsp3) is 0.556. The maximum Gasteiger partial charge on any atom is 0.0363 e. The van der Waals surface area contributed by atoms with Gasteiger partial charge in [-0.3, -0.25) is 0 Å².